The smallest absolute Gasteiger partial charge is 0.425 e. The Hall–Kier alpha value is -3.12. The number of fused-ring (bicyclic) bond motifs is 1. The summed E-state index contributed by atoms with van der Waals surface area (Å²) in [6, 6.07) is 1.76. The van der Waals surface area contributed by atoms with E-state index in [-0.39, 0.29) is 22.1 Å². The number of halogens is 5. The van der Waals surface area contributed by atoms with Crippen molar-refractivity contribution in [3.8, 4) is 17.0 Å². The van der Waals surface area contributed by atoms with Crippen molar-refractivity contribution < 1.29 is 32.2 Å². The normalized spacial score (nSPS) is 16.5. The zero-order valence-electron chi connectivity index (χ0n) is 17.3. The molecule has 3 heterocycles. The number of rotatable bonds is 5. The van der Waals surface area contributed by atoms with Crippen molar-refractivity contribution >= 4 is 23.2 Å². The van der Waals surface area contributed by atoms with Crippen molar-refractivity contribution in [2.45, 2.75) is 45.2 Å². The number of H-pyrrole nitrogens is 1. The molecule has 1 aromatic carbocycles. The topological polar surface area (TPSA) is 105 Å². The quantitative estimate of drug-likeness (QED) is 0.463. The molecule has 0 saturated heterocycles. The highest BCUT2D eigenvalue weighted by Gasteiger charge is 2.39. The fourth-order valence-electron chi connectivity index (χ4n) is 3.40. The molecular weight excluding hydrogens is 470 g/mol. The number of aliphatic hydroxyl groups excluding tert-OH is 1. The summed E-state index contributed by atoms with van der Waals surface area (Å²) in [7, 11) is 0. The molecule has 176 valence electrons. The number of aromatic nitrogens is 4. The molecule has 1 amide bonds. The van der Waals surface area contributed by atoms with Gasteiger partial charge in [-0.15, -0.1) is 0 Å². The largest absolute Gasteiger partial charge is 0.480 e. The van der Waals surface area contributed by atoms with E-state index in [4.69, 9.17) is 16.3 Å². The van der Waals surface area contributed by atoms with Crippen LogP contribution in [0.15, 0.2) is 18.3 Å². The molecule has 13 heteroatoms. The number of hydrogen-bond acceptors (Lipinski definition) is 5. The van der Waals surface area contributed by atoms with E-state index in [2.05, 4.69) is 20.5 Å². The zero-order valence-corrected chi connectivity index (χ0v) is 18.1. The summed E-state index contributed by atoms with van der Waals surface area (Å²) in [5.41, 5.74) is -0.0760. The van der Waals surface area contributed by atoms with Crippen molar-refractivity contribution in [3.05, 3.63) is 46.4 Å². The lowest BCUT2D eigenvalue weighted by atomic mass is 10.1. The van der Waals surface area contributed by atoms with E-state index in [9.17, 15) is 23.1 Å². The van der Waals surface area contributed by atoms with Gasteiger partial charge in [-0.25, -0.2) is 9.37 Å². The first-order chi connectivity index (χ1) is 15.5. The summed E-state index contributed by atoms with van der Waals surface area (Å²) >= 11 is 5.90. The monoisotopic (exact) mass is 487 g/mol. The van der Waals surface area contributed by atoms with Gasteiger partial charge in [0.1, 0.15) is 29.2 Å². The highest BCUT2D eigenvalue weighted by Crippen LogP contribution is 2.36. The molecule has 2 aromatic heterocycles. The van der Waals surface area contributed by atoms with Gasteiger partial charge in [0.15, 0.2) is 11.3 Å². The van der Waals surface area contributed by atoms with E-state index in [1.54, 1.807) is 11.5 Å². The minimum absolute atomic E-state index is 0.0739. The number of carbonyl (C=O) groups is 1. The summed E-state index contributed by atoms with van der Waals surface area (Å²) in [6.07, 6.45) is -5.90. The molecule has 3 aromatic rings. The van der Waals surface area contributed by atoms with E-state index < -0.39 is 41.4 Å². The van der Waals surface area contributed by atoms with Gasteiger partial charge in [0.2, 0.25) is 0 Å². The number of nitrogens with zero attached hydrogens (tertiary/aromatic N) is 3. The highest BCUT2D eigenvalue weighted by molar-refractivity contribution is 6.33. The van der Waals surface area contributed by atoms with Gasteiger partial charge in [0, 0.05) is 18.3 Å². The number of benzene rings is 1. The van der Waals surface area contributed by atoms with Crippen molar-refractivity contribution in [3.63, 3.8) is 0 Å². The van der Waals surface area contributed by atoms with Crippen molar-refractivity contribution in [1.82, 2.24) is 19.7 Å². The maximum Gasteiger partial charge on any atom is 0.425 e. The van der Waals surface area contributed by atoms with Crippen LogP contribution in [0.3, 0.4) is 0 Å². The fraction of sp³-hybridized carbons (Fsp3) is 0.350. The number of aliphatic hydroxyl groups is 1. The van der Waals surface area contributed by atoms with Gasteiger partial charge in [-0.3, -0.25) is 9.89 Å². The lowest BCUT2D eigenvalue weighted by Gasteiger charge is -2.20. The standard InChI is InChI=1S/C20H18ClF4N5O3/c1-8-16(17(21)29-28-8)27-19(32)11-5-12(22)10(6-15(11)33-9(2)20(23,24)25)13-7-30-4-3-14(31)18(30)26-13/h5-7,9,14,31H,3-4H2,1-2H3,(H,27,32)(H,28,29)/t9?,14-/m1/s1. The van der Waals surface area contributed by atoms with E-state index in [1.165, 1.54) is 6.20 Å². The van der Waals surface area contributed by atoms with Crippen LogP contribution in [-0.2, 0) is 6.54 Å². The Bertz CT molecular complexity index is 1200. The molecule has 0 saturated carbocycles. The van der Waals surface area contributed by atoms with Crippen LogP contribution < -0.4 is 10.1 Å². The second-order valence-corrected chi connectivity index (χ2v) is 7.94. The average Bonchev–Trinajstić information content (AvgIpc) is 3.40. The van der Waals surface area contributed by atoms with Gasteiger partial charge in [-0.1, -0.05) is 11.6 Å². The summed E-state index contributed by atoms with van der Waals surface area (Å²) < 4.78 is 61.2. The summed E-state index contributed by atoms with van der Waals surface area (Å²) in [5.74, 6) is -2.03. The van der Waals surface area contributed by atoms with Crippen LogP contribution >= 0.6 is 11.6 Å². The number of amides is 1. The van der Waals surface area contributed by atoms with Crippen molar-refractivity contribution in [1.29, 1.82) is 0 Å². The number of nitrogens with one attached hydrogen (secondary N) is 2. The number of aryl methyl sites for hydroxylation is 2. The number of hydrogen-bond donors (Lipinski definition) is 3. The predicted molar refractivity (Wildman–Crippen MR) is 110 cm³/mol. The van der Waals surface area contributed by atoms with E-state index in [0.717, 1.165) is 19.1 Å². The molecule has 2 atom stereocenters. The molecular formula is C20H18ClF4N5O3. The molecule has 1 unspecified atom stereocenters. The average molecular weight is 488 g/mol. The molecule has 0 spiro atoms. The van der Waals surface area contributed by atoms with Gasteiger partial charge >= 0.3 is 6.18 Å². The van der Waals surface area contributed by atoms with Crippen molar-refractivity contribution in [2.24, 2.45) is 0 Å². The van der Waals surface area contributed by atoms with E-state index in [1.807, 2.05) is 0 Å². The first-order valence-electron chi connectivity index (χ1n) is 9.80. The lowest BCUT2D eigenvalue weighted by Crippen LogP contribution is -2.32. The van der Waals surface area contributed by atoms with Crippen LogP contribution in [0.25, 0.3) is 11.3 Å². The Labute approximate surface area is 189 Å². The van der Waals surface area contributed by atoms with Crippen molar-refractivity contribution in [2.75, 3.05) is 5.32 Å². The second kappa shape index (κ2) is 8.34. The Morgan fingerprint density at radius 2 is 2.15 bits per heavy atom. The molecule has 0 bridgehead atoms. The van der Waals surface area contributed by atoms with Crippen LogP contribution in [-0.4, -0.2) is 43.0 Å². The fourth-order valence-corrected chi connectivity index (χ4v) is 3.63. The number of alkyl halides is 3. The predicted octanol–water partition coefficient (Wildman–Crippen LogP) is 4.39. The lowest BCUT2D eigenvalue weighted by molar-refractivity contribution is -0.189. The van der Waals surface area contributed by atoms with Gasteiger partial charge in [0.05, 0.1) is 17.0 Å². The molecule has 8 nitrogen and oxygen atoms in total. The first-order valence-corrected chi connectivity index (χ1v) is 10.2. The summed E-state index contributed by atoms with van der Waals surface area (Å²) in [6.45, 7) is 2.79. The number of imidazole rings is 1. The first kappa shape index (κ1) is 23.1. The van der Waals surface area contributed by atoms with Crippen LogP contribution in [0.4, 0.5) is 23.2 Å². The number of carbonyl (C=O) groups excluding carboxylic acids is 1. The summed E-state index contributed by atoms with van der Waals surface area (Å²) in [5, 5.41) is 18.5. The second-order valence-electron chi connectivity index (χ2n) is 7.58. The Balaban J connectivity index is 1.76. The van der Waals surface area contributed by atoms with Crippen LogP contribution in [0.5, 0.6) is 5.75 Å². The minimum Gasteiger partial charge on any atom is -0.480 e. The zero-order chi connectivity index (χ0) is 24.1. The Kier molecular flexibility index (Phi) is 5.83. The molecule has 33 heavy (non-hydrogen) atoms. The molecule has 0 fully saturated rings. The number of anilines is 1. The van der Waals surface area contributed by atoms with Gasteiger partial charge in [-0.05, 0) is 32.4 Å². The third kappa shape index (κ3) is 4.40. The maximum absolute atomic E-state index is 15.0. The SMILES string of the molecule is Cc1[nH]nc(Cl)c1NC(=O)c1cc(F)c(-c2cn3c(n2)[C@H](O)CC3)cc1OC(C)C(F)(F)F. The van der Waals surface area contributed by atoms with Gasteiger partial charge in [0.25, 0.3) is 5.91 Å². The minimum atomic E-state index is -4.73. The van der Waals surface area contributed by atoms with Gasteiger partial charge < -0.3 is 19.7 Å². The van der Waals surface area contributed by atoms with Crippen LogP contribution in [0, 0.1) is 12.7 Å². The molecule has 0 radical (unpaired) electrons. The third-order valence-corrected chi connectivity index (χ3v) is 5.52. The van der Waals surface area contributed by atoms with E-state index >= 15 is 4.39 Å². The Morgan fingerprint density at radius 3 is 2.76 bits per heavy atom. The van der Waals surface area contributed by atoms with Crippen LogP contribution in [0.2, 0.25) is 5.15 Å². The molecule has 1 aliphatic heterocycles. The summed E-state index contributed by atoms with van der Waals surface area (Å²) in [4.78, 5) is 17.0. The number of aromatic amines is 1. The molecule has 0 aliphatic carbocycles. The van der Waals surface area contributed by atoms with Gasteiger partial charge in [-0.2, -0.15) is 18.3 Å². The van der Waals surface area contributed by atoms with Crippen LogP contribution in [0.1, 0.15) is 41.3 Å². The third-order valence-electron chi connectivity index (χ3n) is 5.25. The molecule has 4 rings (SSSR count). The highest BCUT2D eigenvalue weighted by atomic mass is 35.5. The maximum atomic E-state index is 15.0. The molecule has 3 N–H and O–H groups in total. The van der Waals surface area contributed by atoms with E-state index in [0.29, 0.717) is 24.5 Å². The number of ether oxygens (including phenoxy) is 1. The Morgan fingerprint density at radius 1 is 1.42 bits per heavy atom. The molecule has 1 aliphatic rings.